The van der Waals surface area contributed by atoms with Gasteiger partial charge in [0.15, 0.2) is 0 Å². The van der Waals surface area contributed by atoms with Crippen LogP contribution in [0.25, 0.3) is 98.7 Å². The third-order valence-corrected chi connectivity index (χ3v) is 10.5. The second-order valence-electron chi connectivity index (χ2n) is 13.4. The molecule has 50 heavy (non-hydrogen) atoms. The van der Waals surface area contributed by atoms with Gasteiger partial charge in [-0.3, -0.25) is 0 Å². The van der Waals surface area contributed by atoms with Crippen molar-refractivity contribution in [3.05, 3.63) is 170 Å². The van der Waals surface area contributed by atoms with Crippen LogP contribution in [-0.2, 0) is 0 Å². The Bertz CT molecular complexity index is 2680. The third-order valence-electron chi connectivity index (χ3n) is 10.5. The molecule has 0 aliphatic heterocycles. The van der Waals surface area contributed by atoms with Gasteiger partial charge in [0.05, 0.1) is 0 Å². The van der Waals surface area contributed by atoms with Crippen LogP contribution in [0.15, 0.2) is 170 Å². The molecular formula is C50H38. The molecule has 1 aliphatic carbocycles. The van der Waals surface area contributed by atoms with Gasteiger partial charge in [-0.1, -0.05) is 184 Å². The van der Waals surface area contributed by atoms with E-state index >= 15 is 0 Å². The fourth-order valence-corrected chi connectivity index (χ4v) is 8.11. The predicted octanol–water partition coefficient (Wildman–Crippen LogP) is 14.8. The summed E-state index contributed by atoms with van der Waals surface area (Å²) in [5.74, 6) is 0. The second kappa shape index (κ2) is 12.5. The monoisotopic (exact) mass is 638 g/mol. The first-order chi connectivity index (χ1) is 24.8. The molecule has 0 heterocycles. The van der Waals surface area contributed by atoms with E-state index in [2.05, 4.69) is 184 Å². The Labute approximate surface area is 294 Å². The van der Waals surface area contributed by atoms with E-state index in [1.54, 1.807) is 0 Å². The van der Waals surface area contributed by atoms with Gasteiger partial charge in [0.1, 0.15) is 0 Å². The van der Waals surface area contributed by atoms with Crippen molar-refractivity contribution in [1.82, 2.24) is 0 Å². The summed E-state index contributed by atoms with van der Waals surface area (Å²) in [6, 6.07) is 62.6. The molecule has 0 unspecified atom stereocenters. The van der Waals surface area contributed by atoms with Gasteiger partial charge >= 0.3 is 0 Å². The van der Waals surface area contributed by atoms with E-state index in [-0.39, 0.29) is 0 Å². The highest BCUT2D eigenvalue weighted by molar-refractivity contribution is 6.33. The largest absolute Gasteiger partial charge is 0.0654 e. The van der Waals surface area contributed by atoms with E-state index in [1.165, 1.54) is 112 Å². The van der Waals surface area contributed by atoms with Crippen LogP contribution in [0.5, 0.6) is 0 Å². The molecule has 0 bridgehead atoms. The molecule has 0 amide bonds. The van der Waals surface area contributed by atoms with Gasteiger partial charge in [-0.05, 0) is 111 Å². The molecule has 1 aliphatic rings. The van der Waals surface area contributed by atoms with E-state index in [9.17, 15) is 0 Å². The van der Waals surface area contributed by atoms with Gasteiger partial charge in [-0.15, -0.1) is 0 Å². The highest BCUT2D eigenvalue weighted by Crippen LogP contribution is 2.59. The van der Waals surface area contributed by atoms with Crippen LogP contribution in [0.3, 0.4) is 0 Å². The molecule has 0 atom stereocenters. The number of unbranched alkanes of at least 4 members (excludes halogenated alkanes) is 1. The number of benzene rings is 9. The normalized spacial score (nSPS) is 11.6. The zero-order valence-electron chi connectivity index (χ0n) is 28.6. The Hall–Kier alpha value is -5.98. The van der Waals surface area contributed by atoms with Crippen LogP contribution in [-0.4, -0.2) is 0 Å². The SMILES string of the molecule is CCCC.c1ccc(-c2c3c(c(-c4ccccc4)c4ccccc24)-c2cc4c5ccccc5c(-c5ccccc5)cc4c4cccc-3c24)cc1. The van der Waals surface area contributed by atoms with Crippen LogP contribution < -0.4 is 0 Å². The molecule has 0 nitrogen and oxygen atoms in total. The molecule has 0 N–H and O–H groups in total. The Kier molecular flexibility index (Phi) is 7.51. The average Bonchev–Trinajstić information content (AvgIpc) is 3.52. The molecule has 0 radical (unpaired) electrons. The molecule has 0 heteroatoms. The molecule has 0 spiro atoms. The molecule has 238 valence electrons. The quantitative estimate of drug-likeness (QED) is 0.168. The molecule has 9 aromatic rings. The maximum Gasteiger partial charge on any atom is -0.000719 e. The number of fused-ring (bicyclic) bond motifs is 8. The maximum atomic E-state index is 2.50. The Morgan fingerprint density at radius 1 is 0.280 bits per heavy atom. The van der Waals surface area contributed by atoms with Gasteiger partial charge in [0.2, 0.25) is 0 Å². The molecule has 9 aromatic carbocycles. The first-order valence-electron chi connectivity index (χ1n) is 17.9. The van der Waals surface area contributed by atoms with Crippen molar-refractivity contribution in [2.45, 2.75) is 26.7 Å². The van der Waals surface area contributed by atoms with Crippen LogP contribution in [0.1, 0.15) is 26.7 Å². The summed E-state index contributed by atoms with van der Waals surface area (Å²) in [6.45, 7) is 4.36. The highest BCUT2D eigenvalue weighted by atomic mass is 14.3. The lowest BCUT2D eigenvalue weighted by Gasteiger charge is -2.20. The van der Waals surface area contributed by atoms with Crippen molar-refractivity contribution in [2.24, 2.45) is 0 Å². The lowest BCUT2D eigenvalue weighted by Crippen LogP contribution is -1.93. The van der Waals surface area contributed by atoms with Gasteiger partial charge in [-0.2, -0.15) is 0 Å². The smallest absolute Gasteiger partial charge is 0.000719 e. The fourth-order valence-electron chi connectivity index (χ4n) is 8.11. The molecule has 0 saturated carbocycles. The zero-order chi connectivity index (χ0) is 33.6. The summed E-state index contributed by atoms with van der Waals surface area (Å²) in [6.07, 6.45) is 2.64. The molecule has 10 rings (SSSR count). The molecule has 0 aromatic heterocycles. The summed E-state index contributed by atoms with van der Waals surface area (Å²) in [4.78, 5) is 0. The Morgan fingerprint density at radius 3 is 1.26 bits per heavy atom. The molecular weight excluding hydrogens is 601 g/mol. The fraction of sp³-hybridized carbons (Fsp3) is 0.0800. The summed E-state index contributed by atoms with van der Waals surface area (Å²) in [5.41, 5.74) is 13.0. The van der Waals surface area contributed by atoms with Crippen molar-refractivity contribution >= 4 is 43.1 Å². The zero-order valence-corrected chi connectivity index (χ0v) is 28.6. The topological polar surface area (TPSA) is 0 Å². The first-order valence-corrected chi connectivity index (χ1v) is 17.9. The third kappa shape index (κ3) is 4.67. The lowest BCUT2D eigenvalue weighted by atomic mass is 9.82. The van der Waals surface area contributed by atoms with Crippen LogP contribution in [0, 0.1) is 0 Å². The number of rotatable bonds is 4. The number of hydrogen-bond donors (Lipinski definition) is 0. The minimum Gasteiger partial charge on any atom is -0.0654 e. The average molecular weight is 639 g/mol. The van der Waals surface area contributed by atoms with E-state index in [0.717, 1.165) is 0 Å². The number of hydrogen-bond acceptors (Lipinski definition) is 0. The van der Waals surface area contributed by atoms with E-state index in [4.69, 9.17) is 0 Å². The first kappa shape index (κ1) is 30.1. The highest BCUT2D eigenvalue weighted by Gasteiger charge is 2.31. The van der Waals surface area contributed by atoms with Crippen molar-refractivity contribution in [2.75, 3.05) is 0 Å². The predicted molar refractivity (Wildman–Crippen MR) is 218 cm³/mol. The van der Waals surface area contributed by atoms with E-state index < -0.39 is 0 Å². The van der Waals surface area contributed by atoms with E-state index in [1.807, 2.05) is 0 Å². The van der Waals surface area contributed by atoms with Crippen LogP contribution in [0.4, 0.5) is 0 Å². The van der Waals surface area contributed by atoms with E-state index in [0.29, 0.717) is 0 Å². The minimum atomic E-state index is 1.25. The van der Waals surface area contributed by atoms with Crippen molar-refractivity contribution in [3.63, 3.8) is 0 Å². The van der Waals surface area contributed by atoms with Crippen LogP contribution in [0.2, 0.25) is 0 Å². The summed E-state index contributed by atoms with van der Waals surface area (Å²) in [7, 11) is 0. The molecule has 0 saturated heterocycles. The van der Waals surface area contributed by atoms with Crippen molar-refractivity contribution in [1.29, 1.82) is 0 Å². The summed E-state index contributed by atoms with van der Waals surface area (Å²) in [5, 5.41) is 10.4. The molecule has 0 fully saturated rings. The lowest BCUT2D eigenvalue weighted by molar-refractivity contribution is 0.886. The van der Waals surface area contributed by atoms with Crippen molar-refractivity contribution in [3.8, 4) is 55.6 Å². The summed E-state index contributed by atoms with van der Waals surface area (Å²) < 4.78 is 0. The minimum absolute atomic E-state index is 1.25. The summed E-state index contributed by atoms with van der Waals surface area (Å²) >= 11 is 0. The maximum absolute atomic E-state index is 2.50. The standard InChI is InChI=1S/C46H28.C4H10/c1-4-15-29(16-5-1)38-27-40-36-25-14-26-37-44(36)41(28-39(40)33-22-11-10-21-32(33)38)46-43(31-19-8-3-9-20-31)35-24-13-12-23-34(35)42(45(37)46)30-17-6-2-7-18-30;1-3-4-2/h1-28H;3-4H2,1-2H3. The van der Waals surface area contributed by atoms with Crippen LogP contribution >= 0.6 is 0 Å². The Balaban J connectivity index is 0.000000801. The van der Waals surface area contributed by atoms with Gasteiger partial charge in [0, 0.05) is 0 Å². The van der Waals surface area contributed by atoms with Gasteiger partial charge in [-0.25, -0.2) is 0 Å². The van der Waals surface area contributed by atoms with Gasteiger partial charge in [0.25, 0.3) is 0 Å². The van der Waals surface area contributed by atoms with Gasteiger partial charge < -0.3 is 0 Å². The second-order valence-corrected chi connectivity index (χ2v) is 13.4. The van der Waals surface area contributed by atoms with Crippen molar-refractivity contribution < 1.29 is 0 Å². The Morgan fingerprint density at radius 2 is 0.700 bits per heavy atom.